The predicted molar refractivity (Wildman–Crippen MR) is 169 cm³/mol. The first-order chi connectivity index (χ1) is 21.2. The van der Waals surface area contributed by atoms with Gasteiger partial charge < -0.3 is 10.2 Å². The van der Waals surface area contributed by atoms with Gasteiger partial charge in [-0.2, -0.15) is 5.10 Å². The molecule has 2 unspecified atom stereocenters. The number of carbonyl (C=O) groups excluding carboxylic acids is 2. The zero-order valence-corrected chi connectivity index (χ0v) is 25.5. The fourth-order valence-corrected chi connectivity index (χ4v) is 7.08. The molecule has 1 aromatic carbocycles. The molecule has 2 amide bonds. The van der Waals surface area contributed by atoms with Crippen LogP contribution in [0.4, 0.5) is 8.78 Å². The summed E-state index contributed by atoms with van der Waals surface area (Å²) in [4.78, 5) is 33.7. The topological polar surface area (TPSA) is 83.4 Å². The number of nitrogens with zero attached hydrogens (tertiary/aromatic N) is 5. The zero-order chi connectivity index (χ0) is 31.1. The van der Waals surface area contributed by atoms with Gasteiger partial charge in [-0.05, 0) is 67.3 Å². The van der Waals surface area contributed by atoms with Crippen molar-refractivity contribution >= 4 is 39.3 Å². The summed E-state index contributed by atoms with van der Waals surface area (Å²) in [5, 5.41) is 10.4. The highest BCUT2D eigenvalue weighted by Crippen LogP contribution is 2.40. The summed E-state index contributed by atoms with van der Waals surface area (Å²) in [6.45, 7) is 7.04. The Bertz CT molecular complexity index is 1860. The van der Waals surface area contributed by atoms with Crippen molar-refractivity contribution in [3.05, 3.63) is 89.0 Å². The number of hydrogen-bond donors (Lipinski definition) is 1. The third-order valence-electron chi connectivity index (χ3n) is 8.34. The largest absolute Gasteiger partial charge is 0.358 e. The van der Waals surface area contributed by atoms with Gasteiger partial charge in [-0.15, -0.1) is 11.3 Å². The van der Waals surface area contributed by atoms with E-state index >= 15 is 0 Å². The van der Waals surface area contributed by atoms with E-state index in [-0.39, 0.29) is 30.2 Å². The molecule has 0 fully saturated rings. The van der Waals surface area contributed by atoms with Crippen molar-refractivity contribution in [3.8, 4) is 22.6 Å². The van der Waals surface area contributed by atoms with Crippen LogP contribution in [0.15, 0.2) is 66.6 Å². The highest BCUT2D eigenvalue weighted by Gasteiger charge is 2.30. The molecule has 8 nitrogen and oxygen atoms in total. The SMILES string of the molecule is C=CC(=O)N1Cc2cc(-c3nc(-c4ccc5c(c4)CN(C)C(C(=O)NC)C5)c4ccsc4c3C=C(F)/C=C/F)nn2C(C)C1. The molecule has 3 aromatic heterocycles. The third-order valence-corrected chi connectivity index (χ3v) is 9.29. The number of thiophene rings is 1. The second-order valence-electron chi connectivity index (χ2n) is 11.2. The molecule has 0 saturated heterocycles. The van der Waals surface area contributed by atoms with E-state index in [1.165, 1.54) is 23.5 Å². The van der Waals surface area contributed by atoms with Crippen molar-refractivity contribution < 1.29 is 18.4 Å². The van der Waals surface area contributed by atoms with Gasteiger partial charge in [0.25, 0.3) is 0 Å². The fraction of sp³-hybridized carbons (Fsp3) is 0.273. The molecule has 0 spiro atoms. The lowest BCUT2D eigenvalue weighted by molar-refractivity contribution is -0.128. The molecule has 1 N–H and O–H groups in total. The van der Waals surface area contributed by atoms with Gasteiger partial charge in [0.1, 0.15) is 17.2 Å². The van der Waals surface area contributed by atoms with Gasteiger partial charge in [0.05, 0.1) is 36.3 Å². The minimum absolute atomic E-state index is 0.0129. The molecule has 0 aliphatic carbocycles. The summed E-state index contributed by atoms with van der Waals surface area (Å²) in [6.07, 6.45) is 4.13. The standard InChI is InChI=1S/C33H32F2N6O2S/c1-5-29(42)40-16-19(2)41-24(18-40)15-27(38-41)31-26(14-23(35)8-10-34)32-25(9-11-44-32)30(37-31)21-7-6-20-13-28(33(43)36-3)39(4)17-22(20)12-21/h5-12,14-15,19,28H,1,13,16-18H2,2-4H3,(H,36,43)/b10-8+,23-14?. The molecule has 44 heavy (non-hydrogen) atoms. The molecule has 0 bridgehead atoms. The summed E-state index contributed by atoms with van der Waals surface area (Å²) < 4.78 is 30.5. The smallest absolute Gasteiger partial charge is 0.246 e. The van der Waals surface area contributed by atoms with Crippen LogP contribution in [-0.4, -0.2) is 63.1 Å². The molecule has 4 aromatic rings. The Kier molecular flexibility index (Phi) is 8.00. The summed E-state index contributed by atoms with van der Waals surface area (Å²) in [7, 11) is 3.59. The van der Waals surface area contributed by atoms with Crippen molar-refractivity contribution in [3.63, 3.8) is 0 Å². The van der Waals surface area contributed by atoms with Gasteiger partial charge >= 0.3 is 0 Å². The van der Waals surface area contributed by atoms with Crippen LogP contribution < -0.4 is 5.32 Å². The van der Waals surface area contributed by atoms with E-state index in [0.717, 1.165) is 44.2 Å². The van der Waals surface area contributed by atoms with Crippen LogP contribution in [0, 0.1) is 0 Å². The van der Waals surface area contributed by atoms with Gasteiger partial charge in [-0.1, -0.05) is 18.7 Å². The molecule has 2 aliphatic heterocycles. The molecule has 5 heterocycles. The first-order valence-corrected chi connectivity index (χ1v) is 15.2. The molecule has 2 atom stereocenters. The van der Waals surface area contributed by atoms with E-state index in [1.54, 1.807) is 11.9 Å². The molecule has 2 aliphatic rings. The van der Waals surface area contributed by atoms with Gasteiger partial charge in [-0.25, -0.2) is 13.8 Å². The first-order valence-electron chi connectivity index (χ1n) is 14.3. The van der Waals surface area contributed by atoms with Crippen LogP contribution in [0.3, 0.4) is 0 Å². The number of nitrogens with one attached hydrogen (secondary N) is 1. The van der Waals surface area contributed by atoms with Gasteiger partial charge in [0, 0.05) is 47.4 Å². The molecular formula is C33H32F2N6O2S. The van der Waals surface area contributed by atoms with Crippen molar-refractivity contribution in [1.82, 2.24) is 29.9 Å². The zero-order valence-electron chi connectivity index (χ0n) is 24.7. The summed E-state index contributed by atoms with van der Waals surface area (Å²) in [6, 6.07) is 9.67. The van der Waals surface area contributed by atoms with Crippen molar-refractivity contribution in [2.75, 3.05) is 20.6 Å². The molecule has 11 heteroatoms. The average Bonchev–Trinajstić information content (AvgIpc) is 3.68. The fourth-order valence-electron chi connectivity index (χ4n) is 6.16. The Hall–Kier alpha value is -4.48. The van der Waals surface area contributed by atoms with E-state index in [0.29, 0.717) is 43.0 Å². The number of likely N-dealkylation sites (N-methyl/N-ethyl adjacent to an activating group) is 2. The van der Waals surface area contributed by atoms with E-state index < -0.39 is 5.83 Å². The summed E-state index contributed by atoms with van der Waals surface area (Å²) >= 11 is 1.45. The second-order valence-corrected chi connectivity index (χ2v) is 12.1. The normalized spacial score (nSPS) is 18.8. The van der Waals surface area contributed by atoms with Crippen LogP contribution in [0.5, 0.6) is 0 Å². The average molecular weight is 615 g/mol. The number of halogens is 2. The van der Waals surface area contributed by atoms with Gasteiger partial charge in [0.15, 0.2) is 0 Å². The van der Waals surface area contributed by atoms with Crippen LogP contribution in [-0.2, 0) is 29.1 Å². The van der Waals surface area contributed by atoms with E-state index in [4.69, 9.17) is 10.1 Å². The lowest BCUT2D eigenvalue weighted by atomic mass is 9.91. The number of carbonyl (C=O) groups is 2. The number of fused-ring (bicyclic) bond motifs is 3. The molecule has 6 rings (SSSR count). The Morgan fingerprint density at radius 2 is 1.98 bits per heavy atom. The number of rotatable bonds is 6. The third kappa shape index (κ3) is 5.26. The van der Waals surface area contributed by atoms with Crippen LogP contribution in [0.2, 0.25) is 0 Å². The maximum Gasteiger partial charge on any atom is 0.246 e. The van der Waals surface area contributed by atoms with Gasteiger partial charge in [-0.3, -0.25) is 19.2 Å². The quantitative estimate of drug-likeness (QED) is 0.219. The molecule has 0 saturated carbocycles. The monoisotopic (exact) mass is 614 g/mol. The van der Waals surface area contributed by atoms with Crippen LogP contribution in [0.1, 0.15) is 35.3 Å². The Morgan fingerprint density at radius 3 is 2.73 bits per heavy atom. The number of allylic oxidation sites excluding steroid dienone is 2. The summed E-state index contributed by atoms with van der Waals surface area (Å²) in [5.74, 6) is -0.920. The lowest BCUT2D eigenvalue weighted by Gasteiger charge is -2.33. The molecule has 0 radical (unpaired) electrons. The maximum absolute atomic E-state index is 14.8. The number of benzene rings is 1. The maximum atomic E-state index is 14.8. The van der Waals surface area contributed by atoms with Crippen LogP contribution >= 0.6 is 11.3 Å². The second kappa shape index (κ2) is 11.9. The number of amides is 2. The molecular weight excluding hydrogens is 582 g/mol. The highest BCUT2D eigenvalue weighted by atomic mass is 32.1. The molecule has 226 valence electrons. The highest BCUT2D eigenvalue weighted by molar-refractivity contribution is 7.17. The minimum Gasteiger partial charge on any atom is -0.358 e. The Balaban J connectivity index is 1.51. The Labute approximate surface area is 258 Å². The van der Waals surface area contributed by atoms with Crippen molar-refractivity contribution in [1.29, 1.82) is 0 Å². The van der Waals surface area contributed by atoms with E-state index in [2.05, 4.69) is 24.0 Å². The van der Waals surface area contributed by atoms with E-state index in [1.807, 2.05) is 47.1 Å². The van der Waals surface area contributed by atoms with Crippen LogP contribution in [0.25, 0.3) is 38.8 Å². The van der Waals surface area contributed by atoms with Gasteiger partial charge in [0.2, 0.25) is 11.8 Å². The number of pyridine rings is 1. The Morgan fingerprint density at radius 1 is 1.16 bits per heavy atom. The van der Waals surface area contributed by atoms with Crippen molar-refractivity contribution in [2.24, 2.45) is 0 Å². The summed E-state index contributed by atoms with van der Waals surface area (Å²) in [5.41, 5.74) is 6.15. The predicted octanol–water partition coefficient (Wildman–Crippen LogP) is 5.81. The number of hydrogen-bond acceptors (Lipinski definition) is 6. The number of aromatic nitrogens is 3. The minimum atomic E-state index is -0.749. The first kappa shape index (κ1) is 29.6. The lowest BCUT2D eigenvalue weighted by Crippen LogP contribution is -2.47. The van der Waals surface area contributed by atoms with Crippen molar-refractivity contribution in [2.45, 2.75) is 38.5 Å². The van der Waals surface area contributed by atoms with E-state index in [9.17, 15) is 18.4 Å².